The summed E-state index contributed by atoms with van der Waals surface area (Å²) in [6.45, 7) is 3.45. The standard InChI is InChI=1S/C18H18ClNO3/c1-12-6-8-14(9-7-12)18(22)23-11-17(21)20-13(2)15-4-3-5-16(19)10-15/h3-10,13H,11H2,1-2H3,(H,20,21)/t13-/m1/s1. The Kier molecular flexibility index (Phi) is 5.77. The van der Waals surface area contributed by atoms with E-state index in [1.165, 1.54) is 0 Å². The van der Waals surface area contributed by atoms with Gasteiger partial charge in [0.05, 0.1) is 11.6 Å². The molecule has 0 aromatic heterocycles. The summed E-state index contributed by atoms with van der Waals surface area (Å²) in [7, 11) is 0. The molecule has 1 N–H and O–H groups in total. The van der Waals surface area contributed by atoms with Gasteiger partial charge in [-0.05, 0) is 43.7 Å². The molecule has 1 amide bonds. The van der Waals surface area contributed by atoms with Gasteiger partial charge in [0.15, 0.2) is 6.61 Å². The first-order valence-electron chi connectivity index (χ1n) is 7.24. The molecule has 0 unspecified atom stereocenters. The summed E-state index contributed by atoms with van der Waals surface area (Å²) in [6, 6.07) is 14.0. The fourth-order valence-electron chi connectivity index (χ4n) is 2.05. The third kappa shape index (κ3) is 5.11. The van der Waals surface area contributed by atoms with Gasteiger partial charge in [-0.25, -0.2) is 4.79 Å². The first kappa shape index (κ1) is 17.0. The van der Waals surface area contributed by atoms with Crippen LogP contribution in [-0.2, 0) is 9.53 Å². The monoisotopic (exact) mass is 331 g/mol. The van der Waals surface area contributed by atoms with Gasteiger partial charge >= 0.3 is 5.97 Å². The van der Waals surface area contributed by atoms with Crippen LogP contribution in [-0.4, -0.2) is 18.5 Å². The summed E-state index contributed by atoms with van der Waals surface area (Å²) in [6.07, 6.45) is 0. The molecular formula is C18H18ClNO3. The van der Waals surface area contributed by atoms with Crippen molar-refractivity contribution in [1.82, 2.24) is 5.32 Å². The molecule has 0 radical (unpaired) electrons. The summed E-state index contributed by atoms with van der Waals surface area (Å²) in [5.41, 5.74) is 2.36. The lowest BCUT2D eigenvalue weighted by Gasteiger charge is -2.14. The van der Waals surface area contributed by atoms with Crippen molar-refractivity contribution < 1.29 is 14.3 Å². The van der Waals surface area contributed by atoms with Gasteiger partial charge in [-0.3, -0.25) is 4.79 Å². The van der Waals surface area contributed by atoms with Gasteiger partial charge < -0.3 is 10.1 Å². The van der Waals surface area contributed by atoms with E-state index in [0.717, 1.165) is 11.1 Å². The predicted octanol–water partition coefficient (Wildman–Crippen LogP) is 3.68. The number of amides is 1. The number of carbonyl (C=O) groups is 2. The van der Waals surface area contributed by atoms with Gasteiger partial charge in [0, 0.05) is 5.02 Å². The number of hydrogen-bond acceptors (Lipinski definition) is 3. The summed E-state index contributed by atoms with van der Waals surface area (Å²) in [5.74, 6) is -0.881. The van der Waals surface area contributed by atoms with E-state index in [4.69, 9.17) is 16.3 Å². The predicted molar refractivity (Wildman–Crippen MR) is 89.5 cm³/mol. The highest BCUT2D eigenvalue weighted by molar-refractivity contribution is 6.30. The van der Waals surface area contributed by atoms with Crippen LogP contribution in [0.1, 0.15) is 34.5 Å². The van der Waals surface area contributed by atoms with Crippen molar-refractivity contribution in [2.75, 3.05) is 6.61 Å². The fourth-order valence-corrected chi connectivity index (χ4v) is 2.25. The van der Waals surface area contributed by atoms with E-state index in [1.54, 1.807) is 24.3 Å². The Morgan fingerprint density at radius 2 is 1.87 bits per heavy atom. The molecule has 0 aliphatic carbocycles. The Labute approximate surface area is 140 Å². The first-order chi connectivity index (χ1) is 11.0. The number of halogens is 1. The topological polar surface area (TPSA) is 55.4 Å². The zero-order chi connectivity index (χ0) is 16.8. The van der Waals surface area contributed by atoms with Crippen LogP contribution in [0.2, 0.25) is 5.02 Å². The zero-order valence-electron chi connectivity index (χ0n) is 13.0. The molecule has 0 aliphatic heterocycles. The molecule has 0 saturated heterocycles. The zero-order valence-corrected chi connectivity index (χ0v) is 13.8. The van der Waals surface area contributed by atoms with Crippen LogP contribution in [0.25, 0.3) is 0 Å². The van der Waals surface area contributed by atoms with Crippen LogP contribution in [0.4, 0.5) is 0 Å². The average Bonchev–Trinajstić information content (AvgIpc) is 2.53. The number of carbonyl (C=O) groups excluding carboxylic acids is 2. The lowest BCUT2D eigenvalue weighted by Crippen LogP contribution is -2.31. The van der Waals surface area contributed by atoms with Gasteiger partial charge in [-0.2, -0.15) is 0 Å². The maximum absolute atomic E-state index is 11.9. The second-order valence-corrected chi connectivity index (χ2v) is 5.72. The molecule has 5 heteroatoms. The smallest absolute Gasteiger partial charge is 0.338 e. The van der Waals surface area contributed by atoms with E-state index in [0.29, 0.717) is 10.6 Å². The third-order valence-electron chi connectivity index (χ3n) is 3.35. The van der Waals surface area contributed by atoms with E-state index in [9.17, 15) is 9.59 Å². The van der Waals surface area contributed by atoms with Crippen LogP contribution >= 0.6 is 11.6 Å². The maximum Gasteiger partial charge on any atom is 0.338 e. The third-order valence-corrected chi connectivity index (χ3v) is 3.58. The molecule has 23 heavy (non-hydrogen) atoms. The van der Waals surface area contributed by atoms with Gasteiger partial charge in [0.2, 0.25) is 0 Å². The first-order valence-corrected chi connectivity index (χ1v) is 7.62. The Bertz CT molecular complexity index is 698. The molecule has 1 atom stereocenters. The minimum atomic E-state index is -0.518. The van der Waals surface area contributed by atoms with Gasteiger partial charge in [-0.15, -0.1) is 0 Å². The number of aryl methyl sites for hydroxylation is 1. The van der Waals surface area contributed by atoms with Crippen molar-refractivity contribution in [1.29, 1.82) is 0 Å². The maximum atomic E-state index is 11.9. The minimum Gasteiger partial charge on any atom is -0.452 e. The van der Waals surface area contributed by atoms with Crippen LogP contribution in [0, 0.1) is 6.92 Å². The lowest BCUT2D eigenvalue weighted by molar-refractivity contribution is -0.124. The SMILES string of the molecule is Cc1ccc(C(=O)OCC(=O)N[C@H](C)c2cccc(Cl)c2)cc1. The number of esters is 1. The molecule has 2 aromatic carbocycles. The van der Waals surface area contributed by atoms with E-state index < -0.39 is 5.97 Å². The van der Waals surface area contributed by atoms with Crippen molar-refractivity contribution in [3.63, 3.8) is 0 Å². The van der Waals surface area contributed by atoms with Crippen LogP contribution in [0.5, 0.6) is 0 Å². The van der Waals surface area contributed by atoms with Crippen LogP contribution < -0.4 is 5.32 Å². The second kappa shape index (κ2) is 7.79. The van der Waals surface area contributed by atoms with E-state index in [-0.39, 0.29) is 18.6 Å². The summed E-state index contributed by atoms with van der Waals surface area (Å²) in [5, 5.41) is 3.37. The highest BCUT2D eigenvalue weighted by Gasteiger charge is 2.13. The van der Waals surface area contributed by atoms with E-state index in [2.05, 4.69) is 5.32 Å². The quantitative estimate of drug-likeness (QED) is 0.850. The highest BCUT2D eigenvalue weighted by atomic mass is 35.5. The Balaban J connectivity index is 1.85. The van der Waals surface area contributed by atoms with Gasteiger partial charge in [0.25, 0.3) is 5.91 Å². The fraction of sp³-hybridized carbons (Fsp3) is 0.222. The lowest BCUT2D eigenvalue weighted by atomic mass is 10.1. The Hall–Kier alpha value is -2.33. The Morgan fingerprint density at radius 1 is 1.17 bits per heavy atom. The molecule has 0 saturated carbocycles. The van der Waals surface area contributed by atoms with Crippen molar-refractivity contribution in [2.24, 2.45) is 0 Å². The normalized spacial score (nSPS) is 11.6. The molecule has 0 spiro atoms. The number of nitrogens with one attached hydrogen (secondary N) is 1. The molecule has 2 aromatic rings. The number of ether oxygens (including phenoxy) is 1. The molecule has 0 bridgehead atoms. The van der Waals surface area contributed by atoms with Crippen LogP contribution in [0.3, 0.4) is 0 Å². The molecule has 2 rings (SSSR count). The van der Waals surface area contributed by atoms with Crippen molar-refractivity contribution in [3.8, 4) is 0 Å². The van der Waals surface area contributed by atoms with E-state index >= 15 is 0 Å². The Morgan fingerprint density at radius 3 is 2.52 bits per heavy atom. The molecule has 120 valence electrons. The summed E-state index contributed by atoms with van der Waals surface area (Å²) >= 11 is 5.93. The summed E-state index contributed by atoms with van der Waals surface area (Å²) < 4.78 is 5.01. The molecule has 4 nitrogen and oxygen atoms in total. The molecule has 0 fully saturated rings. The number of hydrogen-bond donors (Lipinski definition) is 1. The number of benzene rings is 2. The molecular weight excluding hydrogens is 314 g/mol. The molecule has 0 heterocycles. The molecule has 0 aliphatic rings. The largest absolute Gasteiger partial charge is 0.452 e. The number of rotatable bonds is 5. The van der Waals surface area contributed by atoms with Gasteiger partial charge in [-0.1, -0.05) is 41.4 Å². The highest BCUT2D eigenvalue weighted by Crippen LogP contribution is 2.17. The summed E-state index contributed by atoms with van der Waals surface area (Å²) in [4.78, 5) is 23.7. The van der Waals surface area contributed by atoms with Crippen molar-refractivity contribution in [2.45, 2.75) is 19.9 Å². The average molecular weight is 332 g/mol. The van der Waals surface area contributed by atoms with Gasteiger partial charge in [0.1, 0.15) is 0 Å². The van der Waals surface area contributed by atoms with Crippen molar-refractivity contribution >= 4 is 23.5 Å². The second-order valence-electron chi connectivity index (χ2n) is 5.29. The van der Waals surface area contributed by atoms with Crippen LogP contribution in [0.15, 0.2) is 48.5 Å². The van der Waals surface area contributed by atoms with Crippen molar-refractivity contribution in [3.05, 3.63) is 70.2 Å². The van der Waals surface area contributed by atoms with E-state index in [1.807, 2.05) is 38.1 Å². The minimum absolute atomic E-state index is 0.223.